The van der Waals surface area contributed by atoms with Crippen molar-refractivity contribution in [3.8, 4) is 11.5 Å². The Morgan fingerprint density at radius 3 is 2.25 bits per heavy atom. The van der Waals surface area contributed by atoms with Crippen molar-refractivity contribution < 1.29 is 32.6 Å². The molecule has 0 bridgehead atoms. The van der Waals surface area contributed by atoms with E-state index in [1.807, 2.05) is 4.90 Å². The number of fused-ring (bicyclic) bond motifs is 2. The number of halogens is 2. The summed E-state index contributed by atoms with van der Waals surface area (Å²) in [6, 6.07) is 3.57. The lowest BCUT2D eigenvalue weighted by atomic mass is 10.2. The first-order chi connectivity index (χ1) is 11.5. The van der Waals surface area contributed by atoms with E-state index in [4.69, 9.17) is 19.0 Å². The Hall–Kier alpha value is -2.61. The number of hydrogen-bond donors (Lipinski definition) is 1. The highest BCUT2D eigenvalue weighted by atomic mass is 19.1. The molecule has 8 heteroatoms. The van der Waals surface area contributed by atoms with Crippen LogP contribution >= 0.6 is 0 Å². The monoisotopic (exact) mass is 337 g/mol. The van der Waals surface area contributed by atoms with Crippen molar-refractivity contribution in [1.29, 1.82) is 0 Å². The molecule has 24 heavy (non-hydrogen) atoms. The Bertz CT molecular complexity index is 767. The summed E-state index contributed by atoms with van der Waals surface area (Å²) in [4.78, 5) is 13.0. The minimum Gasteiger partial charge on any atom is -0.478 e. The summed E-state index contributed by atoms with van der Waals surface area (Å²) in [5, 5.41) is 9.07. The number of ether oxygens (including phenoxy) is 2. The number of carboxylic acids is 1. The summed E-state index contributed by atoms with van der Waals surface area (Å²) in [6.45, 7) is 1.13. The minimum atomic E-state index is -1.14. The molecule has 0 aliphatic carbocycles. The number of hydrogen-bond acceptors (Lipinski definition) is 5. The highest BCUT2D eigenvalue weighted by molar-refractivity contribution is 5.86. The number of furan rings is 1. The van der Waals surface area contributed by atoms with Crippen LogP contribution in [0.5, 0.6) is 11.5 Å². The Morgan fingerprint density at radius 1 is 1.12 bits per heavy atom. The van der Waals surface area contributed by atoms with E-state index in [-0.39, 0.29) is 17.3 Å². The fourth-order valence-electron chi connectivity index (χ4n) is 3.10. The molecular formula is C16H13F2NO5. The molecule has 0 spiro atoms. The van der Waals surface area contributed by atoms with Gasteiger partial charge in [0.2, 0.25) is 17.3 Å². The summed E-state index contributed by atoms with van der Waals surface area (Å²) in [7, 11) is 0. The lowest BCUT2D eigenvalue weighted by molar-refractivity contribution is 0.0467. The van der Waals surface area contributed by atoms with Gasteiger partial charge in [-0.15, -0.1) is 0 Å². The highest BCUT2D eigenvalue weighted by Gasteiger charge is 2.42. The molecule has 1 aromatic heterocycles. The van der Waals surface area contributed by atoms with Crippen LogP contribution in [-0.2, 0) is 6.54 Å². The molecule has 0 amide bonds. The maximum absolute atomic E-state index is 13.8. The van der Waals surface area contributed by atoms with Crippen LogP contribution in [0.15, 0.2) is 28.9 Å². The molecule has 2 aliphatic heterocycles. The molecule has 0 radical (unpaired) electrons. The maximum atomic E-state index is 13.8. The number of aromatic carboxylic acids is 1. The van der Waals surface area contributed by atoms with E-state index in [2.05, 4.69) is 0 Å². The number of benzene rings is 1. The number of carbonyl (C=O) groups is 1. The van der Waals surface area contributed by atoms with Crippen LogP contribution in [0.2, 0.25) is 0 Å². The lowest BCUT2D eigenvalue weighted by Gasteiger charge is -2.28. The molecule has 1 fully saturated rings. The van der Waals surface area contributed by atoms with Crippen LogP contribution < -0.4 is 9.47 Å². The fraction of sp³-hybridized carbons (Fsp3) is 0.312. The van der Waals surface area contributed by atoms with Crippen LogP contribution in [-0.4, -0.2) is 41.3 Å². The van der Waals surface area contributed by atoms with Crippen LogP contribution in [0.4, 0.5) is 8.78 Å². The molecule has 6 nitrogen and oxygen atoms in total. The van der Waals surface area contributed by atoms with Gasteiger partial charge >= 0.3 is 5.97 Å². The van der Waals surface area contributed by atoms with Crippen LogP contribution in [0.1, 0.15) is 16.1 Å². The third-order valence-corrected chi connectivity index (χ3v) is 4.18. The summed E-state index contributed by atoms with van der Waals surface area (Å²) < 4.78 is 43.7. The third kappa shape index (κ3) is 2.39. The zero-order chi connectivity index (χ0) is 16.8. The van der Waals surface area contributed by atoms with Gasteiger partial charge in [0.25, 0.3) is 0 Å². The Labute approximate surface area is 135 Å². The van der Waals surface area contributed by atoms with Crippen molar-refractivity contribution in [3.63, 3.8) is 0 Å². The van der Waals surface area contributed by atoms with Gasteiger partial charge in [0.1, 0.15) is 12.2 Å². The molecule has 1 N–H and O–H groups in total. The minimum absolute atomic E-state index is 0.118. The molecule has 2 aromatic rings. The topological polar surface area (TPSA) is 72.1 Å². The van der Waals surface area contributed by atoms with E-state index < -0.39 is 29.8 Å². The quantitative estimate of drug-likeness (QED) is 0.926. The predicted octanol–water partition coefficient (Wildman–Crippen LogP) is 2.28. The molecule has 3 heterocycles. The van der Waals surface area contributed by atoms with E-state index in [9.17, 15) is 13.6 Å². The van der Waals surface area contributed by atoms with Crippen molar-refractivity contribution in [1.82, 2.24) is 4.90 Å². The Balaban J connectivity index is 1.52. The van der Waals surface area contributed by atoms with Gasteiger partial charge < -0.3 is 19.0 Å². The number of nitrogens with zero attached hydrogens (tertiary/aromatic N) is 1. The smallest absolute Gasteiger partial charge is 0.372 e. The second kappa shape index (κ2) is 5.48. The average Bonchev–Trinajstić information content (AvgIpc) is 3.15. The summed E-state index contributed by atoms with van der Waals surface area (Å²) in [5.41, 5.74) is 0.524. The second-order valence-corrected chi connectivity index (χ2v) is 5.77. The Morgan fingerprint density at radius 2 is 1.71 bits per heavy atom. The van der Waals surface area contributed by atoms with Gasteiger partial charge in [0.05, 0.1) is 6.26 Å². The maximum Gasteiger partial charge on any atom is 0.372 e. The SMILES string of the molecule is O=C(O)c1occc1CN1C[C@@H]2Oc3c(F)ccc(F)c3O[C@@H]2C1. The summed E-state index contributed by atoms with van der Waals surface area (Å²) >= 11 is 0. The summed E-state index contributed by atoms with van der Waals surface area (Å²) in [6.07, 6.45) is 0.415. The van der Waals surface area contributed by atoms with Crippen LogP contribution in [0, 0.1) is 11.6 Å². The van der Waals surface area contributed by atoms with Gasteiger partial charge in [-0.3, -0.25) is 4.90 Å². The van der Waals surface area contributed by atoms with Gasteiger partial charge in [-0.2, -0.15) is 0 Å². The van der Waals surface area contributed by atoms with Gasteiger partial charge in [0.15, 0.2) is 11.6 Å². The van der Waals surface area contributed by atoms with Gasteiger partial charge in [-0.1, -0.05) is 0 Å². The van der Waals surface area contributed by atoms with Crippen molar-refractivity contribution >= 4 is 5.97 Å². The average molecular weight is 337 g/mol. The second-order valence-electron chi connectivity index (χ2n) is 5.77. The largest absolute Gasteiger partial charge is 0.478 e. The number of carboxylic acid groups (broad SMARTS) is 1. The van der Waals surface area contributed by atoms with Crippen molar-refractivity contribution in [2.24, 2.45) is 0 Å². The number of likely N-dealkylation sites (tertiary alicyclic amines) is 1. The zero-order valence-electron chi connectivity index (χ0n) is 12.4. The van der Waals surface area contributed by atoms with Gasteiger partial charge in [-0.05, 0) is 18.2 Å². The fourth-order valence-corrected chi connectivity index (χ4v) is 3.10. The highest BCUT2D eigenvalue weighted by Crippen LogP contribution is 2.40. The van der Waals surface area contributed by atoms with E-state index in [0.717, 1.165) is 12.1 Å². The summed E-state index contributed by atoms with van der Waals surface area (Å²) in [5.74, 6) is -3.04. The molecule has 0 unspecified atom stereocenters. The lowest BCUT2D eigenvalue weighted by Crippen LogP contribution is -2.39. The number of rotatable bonds is 3. The van der Waals surface area contributed by atoms with Crippen LogP contribution in [0.25, 0.3) is 0 Å². The zero-order valence-corrected chi connectivity index (χ0v) is 12.4. The van der Waals surface area contributed by atoms with Crippen molar-refractivity contribution in [2.75, 3.05) is 13.1 Å². The molecule has 2 aliphatic rings. The molecule has 0 saturated carbocycles. The van der Waals surface area contributed by atoms with Gasteiger partial charge in [-0.25, -0.2) is 13.6 Å². The van der Waals surface area contributed by atoms with E-state index in [0.29, 0.717) is 25.2 Å². The van der Waals surface area contributed by atoms with Gasteiger partial charge in [0, 0.05) is 25.2 Å². The van der Waals surface area contributed by atoms with Crippen LogP contribution in [0.3, 0.4) is 0 Å². The molecule has 126 valence electrons. The third-order valence-electron chi connectivity index (χ3n) is 4.18. The van der Waals surface area contributed by atoms with E-state index in [1.54, 1.807) is 6.07 Å². The Kier molecular flexibility index (Phi) is 3.42. The standard InChI is InChI=1S/C16H13F2NO5/c17-9-1-2-10(18)15-14(9)23-11-6-19(7-12(11)24-15)5-8-3-4-22-13(8)16(20)21/h1-4,11-12H,5-7H2,(H,20,21)/t11-,12+. The first-order valence-corrected chi connectivity index (χ1v) is 7.36. The first kappa shape index (κ1) is 14.9. The predicted molar refractivity (Wildman–Crippen MR) is 76.1 cm³/mol. The molecule has 4 rings (SSSR count). The molecular weight excluding hydrogens is 324 g/mol. The normalized spacial score (nSPS) is 22.4. The van der Waals surface area contributed by atoms with E-state index in [1.165, 1.54) is 6.26 Å². The first-order valence-electron chi connectivity index (χ1n) is 7.36. The van der Waals surface area contributed by atoms with Crippen molar-refractivity contribution in [2.45, 2.75) is 18.8 Å². The molecule has 1 aromatic carbocycles. The van der Waals surface area contributed by atoms with E-state index >= 15 is 0 Å². The molecule has 2 atom stereocenters. The van der Waals surface area contributed by atoms with Crippen molar-refractivity contribution in [3.05, 3.63) is 47.4 Å². The molecule has 1 saturated heterocycles.